The Bertz CT molecular complexity index is 643. The lowest BCUT2D eigenvalue weighted by molar-refractivity contribution is 0.0940. The number of benzene rings is 1. The van der Waals surface area contributed by atoms with Crippen LogP contribution in [0.2, 0.25) is 0 Å². The van der Waals surface area contributed by atoms with Gasteiger partial charge in [-0.2, -0.15) is 0 Å². The molecule has 0 fully saturated rings. The molecule has 0 saturated carbocycles. The molecule has 1 aromatic heterocycles. The van der Waals surface area contributed by atoms with Gasteiger partial charge in [0.05, 0.1) is 24.2 Å². The molecule has 4 nitrogen and oxygen atoms in total. The Morgan fingerprint density at radius 3 is 2.82 bits per heavy atom. The van der Waals surface area contributed by atoms with E-state index in [-0.39, 0.29) is 11.9 Å². The Morgan fingerprint density at radius 2 is 2.23 bits per heavy atom. The normalized spacial score (nSPS) is 11.8. The fourth-order valence-electron chi connectivity index (χ4n) is 2.02. The van der Waals surface area contributed by atoms with Crippen LogP contribution in [0.4, 0.5) is 0 Å². The molecular formula is C16H18BrNO3S. The summed E-state index contributed by atoms with van der Waals surface area (Å²) < 4.78 is 11.5. The van der Waals surface area contributed by atoms with E-state index in [1.165, 1.54) is 0 Å². The van der Waals surface area contributed by atoms with Gasteiger partial charge >= 0.3 is 0 Å². The van der Waals surface area contributed by atoms with Gasteiger partial charge in [-0.1, -0.05) is 6.07 Å². The van der Waals surface area contributed by atoms with Crippen molar-refractivity contribution >= 4 is 33.2 Å². The quantitative estimate of drug-likeness (QED) is 0.803. The highest BCUT2D eigenvalue weighted by molar-refractivity contribution is 9.10. The van der Waals surface area contributed by atoms with E-state index < -0.39 is 0 Å². The molecule has 0 radical (unpaired) electrons. The van der Waals surface area contributed by atoms with Crippen molar-refractivity contribution in [2.45, 2.75) is 19.9 Å². The van der Waals surface area contributed by atoms with E-state index >= 15 is 0 Å². The predicted octanol–water partition coefficient (Wildman–Crippen LogP) is 4.41. The van der Waals surface area contributed by atoms with E-state index in [1.54, 1.807) is 30.6 Å². The molecule has 118 valence electrons. The monoisotopic (exact) mass is 383 g/mol. The van der Waals surface area contributed by atoms with Crippen LogP contribution in [-0.4, -0.2) is 19.6 Å². The maximum Gasteiger partial charge on any atom is 0.251 e. The Hall–Kier alpha value is -1.53. The van der Waals surface area contributed by atoms with Crippen LogP contribution in [-0.2, 0) is 0 Å². The molecule has 0 saturated heterocycles. The maximum absolute atomic E-state index is 12.4. The standard InChI is InChI=1S/C16H18BrNO3S/c1-4-21-15-12(17)8-11(9-13(15)20-3)16(19)18-10(2)14-6-5-7-22-14/h5-10H,4H2,1-3H3,(H,18,19). The molecule has 0 bridgehead atoms. The molecule has 2 aromatic rings. The topological polar surface area (TPSA) is 47.6 Å². The van der Waals surface area contributed by atoms with Crippen LogP contribution >= 0.6 is 27.3 Å². The van der Waals surface area contributed by atoms with Gasteiger partial charge in [-0.25, -0.2) is 0 Å². The van der Waals surface area contributed by atoms with Gasteiger partial charge in [-0.05, 0) is 53.4 Å². The van der Waals surface area contributed by atoms with E-state index in [0.717, 1.165) is 4.88 Å². The summed E-state index contributed by atoms with van der Waals surface area (Å²) in [6.45, 7) is 4.38. The summed E-state index contributed by atoms with van der Waals surface area (Å²) in [6, 6.07) is 7.36. The number of thiophene rings is 1. The molecule has 0 aliphatic heterocycles. The largest absolute Gasteiger partial charge is 0.493 e. The molecule has 1 unspecified atom stereocenters. The number of hydrogen-bond acceptors (Lipinski definition) is 4. The SMILES string of the molecule is CCOc1c(Br)cc(C(=O)NC(C)c2cccs2)cc1OC. The summed E-state index contributed by atoms with van der Waals surface area (Å²) in [4.78, 5) is 13.5. The highest BCUT2D eigenvalue weighted by atomic mass is 79.9. The van der Waals surface area contributed by atoms with Crippen LogP contribution < -0.4 is 14.8 Å². The first-order chi connectivity index (χ1) is 10.6. The van der Waals surface area contributed by atoms with Crippen molar-refractivity contribution in [3.8, 4) is 11.5 Å². The number of methoxy groups -OCH3 is 1. The van der Waals surface area contributed by atoms with Crippen LogP contribution in [0.25, 0.3) is 0 Å². The number of amides is 1. The first-order valence-electron chi connectivity index (χ1n) is 6.91. The van der Waals surface area contributed by atoms with E-state index in [1.807, 2.05) is 31.4 Å². The minimum Gasteiger partial charge on any atom is -0.493 e. The van der Waals surface area contributed by atoms with Gasteiger partial charge < -0.3 is 14.8 Å². The van der Waals surface area contributed by atoms with Crippen molar-refractivity contribution in [1.82, 2.24) is 5.32 Å². The summed E-state index contributed by atoms with van der Waals surface area (Å²) in [6.07, 6.45) is 0. The molecule has 0 aliphatic rings. The van der Waals surface area contributed by atoms with Crippen LogP contribution in [0.1, 0.15) is 35.1 Å². The van der Waals surface area contributed by atoms with Crippen molar-refractivity contribution in [2.24, 2.45) is 0 Å². The molecular weight excluding hydrogens is 366 g/mol. The molecule has 0 spiro atoms. The Morgan fingerprint density at radius 1 is 1.45 bits per heavy atom. The number of rotatable bonds is 6. The molecule has 1 aromatic carbocycles. The zero-order chi connectivity index (χ0) is 16.1. The van der Waals surface area contributed by atoms with Gasteiger partial charge in [0.15, 0.2) is 11.5 Å². The second-order valence-electron chi connectivity index (χ2n) is 4.63. The van der Waals surface area contributed by atoms with Crippen molar-refractivity contribution in [3.05, 3.63) is 44.6 Å². The minimum atomic E-state index is -0.150. The molecule has 22 heavy (non-hydrogen) atoms. The minimum absolute atomic E-state index is 0.0381. The van der Waals surface area contributed by atoms with Crippen molar-refractivity contribution in [2.75, 3.05) is 13.7 Å². The van der Waals surface area contributed by atoms with E-state index in [2.05, 4.69) is 21.2 Å². The fraction of sp³-hybridized carbons (Fsp3) is 0.312. The van der Waals surface area contributed by atoms with Gasteiger partial charge in [0.2, 0.25) is 0 Å². The molecule has 1 atom stereocenters. The summed E-state index contributed by atoms with van der Waals surface area (Å²) in [5.74, 6) is 0.987. The molecule has 1 heterocycles. The number of carbonyl (C=O) groups is 1. The molecule has 0 aliphatic carbocycles. The number of halogens is 1. The summed E-state index contributed by atoms with van der Waals surface area (Å²) in [7, 11) is 1.56. The second kappa shape index (κ2) is 7.65. The number of ether oxygens (including phenoxy) is 2. The lowest BCUT2D eigenvalue weighted by Crippen LogP contribution is -2.26. The third kappa shape index (κ3) is 3.81. The Labute approximate surface area is 142 Å². The zero-order valence-corrected chi connectivity index (χ0v) is 15.1. The Kier molecular flexibility index (Phi) is 5.85. The third-order valence-electron chi connectivity index (χ3n) is 3.10. The Balaban J connectivity index is 2.21. The van der Waals surface area contributed by atoms with Crippen LogP contribution in [0.15, 0.2) is 34.1 Å². The number of carbonyl (C=O) groups excluding carboxylic acids is 1. The lowest BCUT2D eigenvalue weighted by Gasteiger charge is -2.15. The molecule has 2 rings (SSSR count). The van der Waals surface area contributed by atoms with Crippen molar-refractivity contribution < 1.29 is 14.3 Å². The van der Waals surface area contributed by atoms with Crippen molar-refractivity contribution in [1.29, 1.82) is 0 Å². The summed E-state index contributed by atoms with van der Waals surface area (Å²) in [5.41, 5.74) is 0.524. The average Bonchev–Trinajstić information content (AvgIpc) is 3.03. The first-order valence-corrected chi connectivity index (χ1v) is 8.58. The van der Waals surface area contributed by atoms with Gasteiger partial charge in [-0.3, -0.25) is 4.79 Å². The molecule has 6 heteroatoms. The van der Waals surface area contributed by atoms with E-state index in [0.29, 0.717) is 28.1 Å². The lowest BCUT2D eigenvalue weighted by atomic mass is 10.1. The van der Waals surface area contributed by atoms with E-state index in [4.69, 9.17) is 9.47 Å². The number of hydrogen-bond donors (Lipinski definition) is 1. The van der Waals surface area contributed by atoms with Gasteiger partial charge in [-0.15, -0.1) is 11.3 Å². The van der Waals surface area contributed by atoms with Gasteiger partial charge in [0.1, 0.15) is 0 Å². The maximum atomic E-state index is 12.4. The second-order valence-corrected chi connectivity index (χ2v) is 6.47. The highest BCUT2D eigenvalue weighted by Crippen LogP contribution is 2.36. The zero-order valence-electron chi connectivity index (χ0n) is 12.7. The third-order valence-corrected chi connectivity index (χ3v) is 4.74. The van der Waals surface area contributed by atoms with E-state index in [9.17, 15) is 4.79 Å². The molecule has 1 N–H and O–H groups in total. The van der Waals surface area contributed by atoms with Crippen LogP contribution in [0, 0.1) is 0 Å². The fourth-order valence-corrected chi connectivity index (χ4v) is 3.32. The summed E-state index contributed by atoms with van der Waals surface area (Å²) >= 11 is 5.05. The molecule has 1 amide bonds. The average molecular weight is 384 g/mol. The first kappa shape index (κ1) is 16.8. The van der Waals surface area contributed by atoms with Crippen LogP contribution in [0.5, 0.6) is 11.5 Å². The van der Waals surface area contributed by atoms with Gasteiger partial charge in [0, 0.05) is 10.4 Å². The summed E-state index contributed by atoms with van der Waals surface area (Å²) in [5, 5.41) is 4.98. The van der Waals surface area contributed by atoms with Crippen molar-refractivity contribution in [3.63, 3.8) is 0 Å². The van der Waals surface area contributed by atoms with Gasteiger partial charge in [0.25, 0.3) is 5.91 Å². The smallest absolute Gasteiger partial charge is 0.251 e. The predicted molar refractivity (Wildman–Crippen MR) is 92.1 cm³/mol. The number of nitrogens with one attached hydrogen (secondary N) is 1. The highest BCUT2D eigenvalue weighted by Gasteiger charge is 2.17. The van der Waals surface area contributed by atoms with Crippen LogP contribution in [0.3, 0.4) is 0 Å².